The number of aromatic nitrogens is 1. The van der Waals surface area contributed by atoms with E-state index in [4.69, 9.17) is 16.6 Å². The number of carbonyl (C=O) groups excluding carboxylic acids is 1. The van der Waals surface area contributed by atoms with Crippen LogP contribution in [-0.2, 0) is 17.6 Å². The molecule has 0 saturated carbocycles. The van der Waals surface area contributed by atoms with Crippen molar-refractivity contribution in [2.75, 3.05) is 11.4 Å². The Labute approximate surface area is 145 Å². The maximum absolute atomic E-state index is 12.7. The fraction of sp³-hybridized carbons (Fsp3) is 0.200. The molecular formula is C20H17ClN2O. The predicted molar refractivity (Wildman–Crippen MR) is 97.7 cm³/mol. The van der Waals surface area contributed by atoms with E-state index in [1.54, 1.807) is 0 Å². The van der Waals surface area contributed by atoms with E-state index in [1.165, 1.54) is 5.56 Å². The largest absolute Gasteiger partial charge is 0.296 e. The second-order valence-electron chi connectivity index (χ2n) is 6.27. The molecule has 1 aliphatic rings. The van der Waals surface area contributed by atoms with Gasteiger partial charge in [0.1, 0.15) is 5.82 Å². The Morgan fingerprint density at radius 2 is 1.96 bits per heavy atom. The SMILES string of the molecule is Cc1ccc2cc3c(nc2c1)N(C(=O)Cc1ccc(Cl)cc1)CC3. The van der Waals surface area contributed by atoms with Crippen LogP contribution in [0.3, 0.4) is 0 Å². The van der Waals surface area contributed by atoms with Crippen molar-refractivity contribution in [1.82, 2.24) is 4.98 Å². The topological polar surface area (TPSA) is 33.2 Å². The summed E-state index contributed by atoms with van der Waals surface area (Å²) >= 11 is 5.91. The average Bonchev–Trinajstić information content (AvgIpc) is 2.97. The highest BCUT2D eigenvalue weighted by Gasteiger charge is 2.26. The fourth-order valence-electron chi connectivity index (χ4n) is 3.18. The van der Waals surface area contributed by atoms with Crippen LogP contribution < -0.4 is 4.90 Å². The molecule has 0 radical (unpaired) electrons. The first-order valence-electron chi connectivity index (χ1n) is 8.05. The Bertz CT molecular complexity index is 934. The molecule has 0 N–H and O–H groups in total. The number of amides is 1. The van der Waals surface area contributed by atoms with Gasteiger partial charge in [0.25, 0.3) is 0 Å². The number of hydrogen-bond donors (Lipinski definition) is 0. The van der Waals surface area contributed by atoms with Gasteiger partial charge in [-0.05, 0) is 54.3 Å². The molecule has 1 amide bonds. The van der Waals surface area contributed by atoms with Gasteiger partial charge >= 0.3 is 0 Å². The zero-order chi connectivity index (χ0) is 16.7. The third kappa shape index (κ3) is 2.76. The molecule has 2 heterocycles. The highest BCUT2D eigenvalue weighted by Crippen LogP contribution is 2.30. The van der Waals surface area contributed by atoms with Crippen molar-refractivity contribution in [3.63, 3.8) is 0 Å². The van der Waals surface area contributed by atoms with Gasteiger partial charge in [0.15, 0.2) is 0 Å². The Balaban J connectivity index is 1.64. The number of pyridine rings is 1. The summed E-state index contributed by atoms with van der Waals surface area (Å²) in [5.74, 6) is 0.891. The molecule has 2 aromatic carbocycles. The summed E-state index contributed by atoms with van der Waals surface area (Å²) in [6, 6.07) is 15.8. The van der Waals surface area contributed by atoms with E-state index in [2.05, 4.69) is 31.2 Å². The lowest BCUT2D eigenvalue weighted by Gasteiger charge is -2.17. The molecule has 4 heteroatoms. The van der Waals surface area contributed by atoms with E-state index in [9.17, 15) is 4.79 Å². The van der Waals surface area contributed by atoms with Crippen LogP contribution in [0.1, 0.15) is 16.7 Å². The number of nitrogens with zero attached hydrogens (tertiary/aromatic N) is 2. The van der Waals surface area contributed by atoms with Gasteiger partial charge in [-0.2, -0.15) is 0 Å². The quantitative estimate of drug-likeness (QED) is 0.698. The molecule has 0 saturated heterocycles. The third-order valence-corrected chi connectivity index (χ3v) is 4.71. The summed E-state index contributed by atoms with van der Waals surface area (Å²) in [7, 11) is 0. The van der Waals surface area contributed by atoms with Gasteiger partial charge in [0.05, 0.1) is 11.9 Å². The first kappa shape index (κ1) is 15.2. The van der Waals surface area contributed by atoms with Crippen LogP contribution in [0.15, 0.2) is 48.5 Å². The summed E-state index contributed by atoms with van der Waals surface area (Å²) in [5, 5.41) is 1.81. The molecule has 0 spiro atoms. The molecule has 0 atom stereocenters. The lowest BCUT2D eigenvalue weighted by Crippen LogP contribution is -2.30. The molecule has 120 valence electrons. The number of halogens is 1. The number of aryl methyl sites for hydroxylation is 1. The van der Waals surface area contributed by atoms with Crippen LogP contribution in [0.25, 0.3) is 10.9 Å². The zero-order valence-corrected chi connectivity index (χ0v) is 14.2. The van der Waals surface area contributed by atoms with Crippen LogP contribution in [0.2, 0.25) is 5.02 Å². The second kappa shape index (κ2) is 5.91. The monoisotopic (exact) mass is 336 g/mol. The van der Waals surface area contributed by atoms with Gasteiger partial charge in [-0.25, -0.2) is 4.98 Å². The summed E-state index contributed by atoms with van der Waals surface area (Å²) < 4.78 is 0. The van der Waals surface area contributed by atoms with Gasteiger partial charge in [-0.15, -0.1) is 0 Å². The molecule has 1 aliphatic heterocycles. The van der Waals surface area contributed by atoms with E-state index < -0.39 is 0 Å². The number of hydrogen-bond acceptors (Lipinski definition) is 2. The Hall–Kier alpha value is -2.39. The molecule has 3 nitrogen and oxygen atoms in total. The van der Waals surface area contributed by atoms with Crippen LogP contribution in [0, 0.1) is 6.92 Å². The molecule has 24 heavy (non-hydrogen) atoms. The minimum Gasteiger partial charge on any atom is -0.296 e. The Morgan fingerprint density at radius 1 is 1.17 bits per heavy atom. The van der Waals surface area contributed by atoms with E-state index in [-0.39, 0.29) is 5.91 Å². The molecular weight excluding hydrogens is 320 g/mol. The molecule has 1 aromatic heterocycles. The van der Waals surface area contributed by atoms with E-state index in [1.807, 2.05) is 29.2 Å². The van der Waals surface area contributed by atoms with Crippen LogP contribution in [-0.4, -0.2) is 17.4 Å². The minimum absolute atomic E-state index is 0.0792. The predicted octanol–water partition coefficient (Wildman–Crippen LogP) is 4.33. The molecule has 0 fully saturated rings. The summed E-state index contributed by atoms with van der Waals surface area (Å²) in [6.07, 6.45) is 1.22. The molecule has 0 unspecified atom stereocenters. The van der Waals surface area contributed by atoms with Crippen molar-refractivity contribution >= 4 is 34.2 Å². The standard InChI is InChI=1S/C20H17ClN2O/c1-13-2-5-15-12-16-8-9-23(20(16)22-18(15)10-13)19(24)11-14-3-6-17(21)7-4-14/h2-7,10,12H,8-9,11H2,1H3. The smallest absolute Gasteiger partial charge is 0.232 e. The highest BCUT2D eigenvalue weighted by molar-refractivity contribution is 6.30. The first-order chi connectivity index (χ1) is 11.6. The lowest BCUT2D eigenvalue weighted by atomic mass is 10.1. The third-order valence-electron chi connectivity index (χ3n) is 4.46. The fourth-order valence-corrected chi connectivity index (χ4v) is 3.31. The van der Waals surface area contributed by atoms with E-state index in [0.29, 0.717) is 18.0 Å². The second-order valence-corrected chi connectivity index (χ2v) is 6.70. The summed E-state index contributed by atoms with van der Waals surface area (Å²) in [6.45, 7) is 2.75. The summed E-state index contributed by atoms with van der Waals surface area (Å²) in [5.41, 5.74) is 4.23. The van der Waals surface area contributed by atoms with Crippen molar-refractivity contribution in [2.45, 2.75) is 19.8 Å². The Morgan fingerprint density at radius 3 is 2.75 bits per heavy atom. The van der Waals surface area contributed by atoms with Crippen LogP contribution >= 0.6 is 11.6 Å². The lowest BCUT2D eigenvalue weighted by molar-refractivity contribution is -0.117. The maximum Gasteiger partial charge on any atom is 0.232 e. The average molecular weight is 337 g/mol. The van der Waals surface area contributed by atoms with Crippen molar-refractivity contribution < 1.29 is 4.79 Å². The number of fused-ring (bicyclic) bond motifs is 2. The van der Waals surface area contributed by atoms with Gasteiger partial charge in [0, 0.05) is 17.0 Å². The van der Waals surface area contributed by atoms with Crippen molar-refractivity contribution in [1.29, 1.82) is 0 Å². The molecule has 0 aliphatic carbocycles. The van der Waals surface area contributed by atoms with Gasteiger partial charge in [-0.1, -0.05) is 35.9 Å². The van der Waals surface area contributed by atoms with Crippen molar-refractivity contribution in [3.05, 3.63) is 70.2 Å². The normalized spacial score (nSPS) is 13.3. The molecule has 3 aromatic rings. The zero-order valence-electron chi connectivity index (χ0n) is 13.4. The van der Waals surface area contributed by atoms with Crippen molar-refractivity contribution in [2.24, 2.45) is 0 Å². The van der Waals surface area contributed by atoms with Gasteiger partial charge in [-0.3, -0.25) is 9.69 Å². The summed E-state index contributed by atoms with van der Waals surface area (Å²) in [4.78, 5) is 19.3. The van der Waals surface area contributed by atoms with E-state index in [0.717, 1.165) is 34.3 Å². The highest BCUT2D eigenvalue weighted by atomic mass is 35.5. The molecule has 0 bridgehead atoms. The number of carbonyl (C=O) groups is 1. The maximum atomic E-state index is 12.7. The number of rotatable bonds is 2. The first-order valence-corrected chi connectivity index (χ1v) is 8.43. The number of benzene rings is 2. The van der Waals surface area contributed by atoms with Crippen LogP contribution in [0.5, 0.6) is 0 Å². The van der Waals surface area contributed by atoms with Gasteiger partial charge < -0.3 is 0 Å². The number of anilines is 1. The Kier molecular flexibility index (Phi) is 3.73. The molecule has 4 rings (SSSR count). The van der Waals surface area contributed by atoms with Gasteiger partial charge in [0.2, 0.25) is 5.91 Å². The van der Waals surface area contributed by atoms with Crippen molar-refractivity contribution in [3.8, 4) is 0 Å². The van der Waals surface area contributed by atoms with E-state index >= 15 is 0 Å². The van der Waals surface area contributed by atoms with Crippen LogP contribution in [0.4, 0.5) is 5.82 Å². The minimum atomic E-state index is 0.0792.